The molecule has 1 heterocycles. The van der Waals surface area contributed by atoms with Crippen molar-refractivity contribution in [1.29, 1.82) is 0 Å². The molecule has 9 heteroatoms. The van der Waals surface area contributed by atoms with Gasteiger partial charge >= 0.3 is 0 Å². The molecule has 1 aromatic heterocycles. The van der Waals surface area contributed by atoms with Crippen LogP contribution in [0, 0.1) is 22.2 Å². The van der Waals surface area contributed by atoms with Crippen molar-refractivity contribution in [1.82, 2.24) is 15.8 Å². The van der Waals surface area contributed by atoms with Gasteiger partial charge in [-0.05, 0) is 55.0 Å². The van der Waals surface area contributed by atoms with E-state index < -0.39 is 5.41 Å². The van der Waals surface area contributed by atoms with Gasteiger partial charge in [-0.25, -0.2) is 0 Å². The second-order valence-corrected chi connectivity index (χ2v) is 12.8. The van der Waals surface area contributed by atoms with Gasteiger partial charge in [-0.1, -0.05) is 34.6 Å². The lowest BCUT2D eigenvalue weighted by Crippen LogP contribution is -2.46. The second kappa shape index (κ2) is 9.49. The molecule has 2 saturated carbocycles. The Morgan fingerprint density at radius 3 is 2.58 bits per heavy atom. The average Bonchev–Trinajstić information content (AvgIpc) is 3.28. The number of hydrogen-bond donors (Lipinski definition) is 3. The second-order valence-electron chi connectivity index (χ2n) is 11.2. The van der Waals surface area contributed by atoms with Crippen molar-refractivity contribution in [2.75, 3.05) is 19.7 Å². The van der Waals surface area contributed by atoms with Crippen LogP contribution in [0.3, 0.4) is 0 Å². The highest BCUT2D eigenvalue weighted by Crippen LogP contribution is 2.65. The van der Waals surface area contributed by atoms with Crippen molar-refractivity contribution in [3.05, 3.63) is 5.76 Å². The normalized spacial score (nSPS) is 26.0. The van der Waals surface area contributed by atoms with E-state index in [1.54, 1.807) is 13.8 Å². The van der Waals surface area contributed by atoms with Crippen LogP contribution < -0.4 is 21.1 Å². The molecule has 4 N–H and O–H groups in total. The highest BCUT2D eigenvalue weighted by Gasteiger charge is 2.61. The summed E-state index contributed by atoms with van der Waals surface area (Å²) < 4.78 is 11.4. The summed E-state index contributed by atoms with van der Waals surface area (Å²) >= 11 is 1.47. The highest BCUT2D eigenvalue weighted by molar-refractivity contribution is 8.00. The molecule has 186 valence electrons. The Morgan fingerprint density at radius 1 is 1.33 bits per heavy atom. The van der Waals surface area contributed by atoms with Crippen LogP contribution in [0.1, 0.15) is 78.3 Å². The van der Waals surface area contributed by atoms with Crippen LogP contribution in [-0.4, -0.2) is 48.0 Å². The summed E-state index contributed by atoms with van der Waals surface area (Å²) in [7, 11) is 0. The molecule has 33 heavy (non-hydrogen) atoms. The van der Waals surface area contributed by atoms with Gasteiger partial charge in [0.2, 0.25) is 11.7 Å². The lowest BCUT2D eigenvalue weighted by Gasteiger charge is -2.39. The Hall–Kier alpha value is -1.74. The predicted molar refractivity (Wildman–Crippen MR) is 129 cm³/mol. The fourth-order valence-electron chi connectivity index (χ4n) is 5.23. The van der Waals surface area contributed by atoms with E-state index in [1.165, 1.54) is 18.2 Å². The number of hydrogen-bond acceptors (Lipinski definition) is 7. The predicted octanol–water partition coefficient (Wildman–Crippen LogP) is 3.60. The van der Waals surface area contributed by atoms with Gasteiger partial charge in [0, 0.05) is 24.4 Å². The van der Waals surface area contributed by atoms with E-state index in [0.717, 1.165) is 12.8 Å². The summed E-state index contributed by atoms with van der Waals surface area (Å²) in [4.78, 5) is 26.3. The Kier molecular flexibility index (Phi) is 7.44. The smallest absolute Gasteiger partial charge is 0.291 e. The molecule has 2 amide bonds. The van der Waals surface area contributed by atoms with E-state index in [2.05, 4.69) is 36.6 Å². The van der Waals surface area contributed by atoms with E-state index in [4.69, 9.17) is 15.0 Å². The number of nitrogens with zero attached hydrogens (tertiary/aromatic N) is 1. The van der Waals surface area contributed by atoms with Crippen LogP contribution in [-0.2, 0) is 4.79 Å². The summed E-state index contributed by atoms with van der Waals surface area (Å²) in [5, 5.41) is 10.3. The highest BCUT2D eigenvalue weighted by atomic mass is 32.2. The Bertz CT molecular complexity index is 882. The largest absolute Gasteiger partial charge is 0.474 e. The third kappa shape index (κ3) is 4.90. The van der Waals surface area contributed by atoms with Gasteiger partial charge in [0.05, 0.1) is 5.41 Å². The lowest BCUT2D eigenvalue weighted by atomic mass is 9.69. The molecule has 2 fully saturated rings. The molecule has 0 aromatic carbocycles. The van der Waals surface area contributed by atoms with Crippen molar-refractivity contribution in [2.45, 2.75) is 83.9 Å². The van der Waals surface area contributed by atoms with Crippen LogP contribution in [0.2, 0.25) is 0 Å². The maximum Gasteiger partial charge on any atom is 0.291 e. The molecule has 3 rings (SSSR count). The molecule has 8 nitrogen and oxygen atoms in total. The Balaban J connectivity index is 1.74. The first-order valence-corrected chi connectivity index (χ1v) is 12.8. The number of nitrogens with two attached hydrogens (primary N) is 1. The van der Waals surface area contributed by atoms with Gasteiger partial charge in [-0.2, -0.15) is 0 Å². The van der Waals surface area contributed by atoms with Crippen molar-refractivity contribution >= 4 is 23.6 Å². The van der Waals surface area contributed by atoms with Crippen LogP contribution in [0.15, 0.2) is 9.42 Å². The standard InChI is InChI=1S/C24H40N4O4S/c1-14(2)33-18-17(19(29)27-16-12-15-8-9-24(16,7)23(15,5)6)32-28-20(18)31-13-22(3,4)21(30)26-11-10-25/h14-16H,8-13,25H2,1-7H3,(H,26,30)(H,27,29)/t15?,16-,24?/m1/s1. The number of amides is 2. The summed E-state index contributed by atoms with van der Waals surface area (Å²) in [5.74, 6) is 0.643. The van der Waals surface area contributed by atoms with Gasteiger partial charge in [0.15, 0.2) is 0 Å². The fraction of sp³-hybridized carbons (Fsp3) is 0.792. The zero-order valence-electron chi connectivity index (χ0n) is 21.0. The van der Waals surface area contributed by atoms with Crippen molar-refractivity contribution in [3.8, 4) is 5.88 Å². The molecular formula is C24H40N4O4S. The molecule has 0 aliphatic heterocycles. The average molecular weight is 481 g/mol. The fourth-order valence-corrected chi connectivity index (χ4v) is 6.13. The van der Waals surface area contributed by atoms with Gasteiger partial charge < -0.3 is 25.6 Å². The molecule has 2 aliphatic rings. The number of thioether (sulfide) groups is 1. The third-order valence-electron chi connectivity index (χ3n) is 7.89. The molecule has 2 aliphatic carbocycles. The van der Waals surface area contributed by atoms with E-state index in [0.29, 0.717) is 23.9 Å². The number of rotatable bonds is 10. The van der Waals surface area contributed by atoms with Gasteiger partial charge in [0.25, 0.3) is 11.8 Å². The SMILES string of the molecule is CC(C)Sc1c(OCC(C)(C)C(=O)NCCN)noc1C(=O)N[C@@H]1CC2CCC1(C)C2(C)C. The number of carbonyl (C=O) groups excluding carboxylic acids is 2. The van der Waals surface area contributed by atoms with Crippen LogP contribution in [0.4, 0.5) is 0 Å². The third-order valence-corrected chi connectivity index (χ3v) is 8.96. The number of ether oxygens (including phenoxy) is 1. The molecule has 2 bridgehead atoms. The van der Waals surface area contributed by atoms with Gasteiger partial charge in [-0.15, -0.1) is 11.8 Å². The minimum absolute atomic E-state index is 0.0684. The number of fused-ring (bicyclic) bond motifs is 2. The number of aromatic nitrogens is 1. The molecule has 2 unspecified atom stereocenters. The summed E-state index contributed by atoms with van der Waals surface area (Å²) in [6.45, 7) is 15.5. The molecule has 0 saturated heterocycles. The zero-order valence-corrected chi connectivity index (χ0v) is 21.9. The number of carbonyl (C=O) groups is 2. The minimum atomic E-state index is -0.792. The first-order valence-electron chi connectivity index (χ1n) is 11.9. The van der Waals surface area contributed by atoms with E-state index >= 15 is 0 Å². The van der Waals surface area contributed by atoms with Crippen molar-refractivity contribution in [2.24, 2.45) is 27.9 Å². The van der Waals surface area contributed by atoms with Crippen LogP contribution >= 0.6 is 11.8 Å². The lowest BCUT2D eigenvalue weighted by molar-refractivity contribution is -0.130. The molecule has 3 atom stereocenters. The Morgan fingerprint density at radius 2 is 2.03 bits per heavy atom. The monoisotopic (exact) mass is 480 g/mol. The maximum atomic E-state index is 13.3. The minimum Gasteiger partial charge on any atom is -0.474 e. The first kappa shape index (κ1) is 25.9. The van der Waals surface area contributed by atoms with Crippen molar-refractivity contribution in [3.63, 3.8) is 0 Å². The molecule has 1 aromatic rings. The summed E-state index contributed by atoms with van der Waals surface area (Å²) in [5.41, 5.74) is 4.95. The van der Waals surface area contributed by atoms with Crippen molar-refractivity contribution < 1.29 is 18.8 Å². The topological polar surface area (TPSA) is 119 Å². The molecular weight excluding hydrogens is 440 g/mol. The Labute approximate surface area is 201 Å². The zero-order chi connectivity index (χ0) is 24.6. The van der Waals surface area contributed by atoms with Crippen LogP contribution in [0.5, 0.6) is 5.88 Å². The van der Waals surface area contributed by atoms with Gasteiger partial charge in [-0.3, -0.25) is 9.59 Å². The number of nitrogens with one attached hydrogen (secondary N) is 2. The molecule has 0 radical (unpaired) electrons. The summed E-state index contributed by atoms with van der Waals surface area (Å²) in [6.07, 6.45) is 3.33. The van der Waals surface area contributed by atoms with Crippen LogP contribution in [0.25, 0.3) is 0 Å². The van der Waals surface area contributed by atoms with Gasteiger partial charge in [0.1, 0.15) is 11.5 Å². The first-order chi connectivity index (χ1) is 15.3. The molecule has 0 spiro atoms. The van der Waals surface area contributed by atoms with E-state index in [-0.39, 0.29) is 52.2 Å². The van der Waals surface area contributed by atoms with E-state index in [9.17, 15) is 9.59 Å². The quantitative estimate of drug-likeness (QED) is 0.438. The maximum absolute atomic E-state index is 13.3. The summed E-state index contributed by atoms with van der Waals surface area (Å²) in [6, 6.07) is 0.107. The van der Waals surface area contributed by atoms with E-state index in [1.807, 2.05) is 13.8 Å².